The summed E-state index contributed by atoms with van der Waals surface area (Å²) in [5.41, 5.74) is 5.52. The van der Waals surface area contributed by atoms with E-state index in [1.165, 1.54) is 22.3 Å². The highest BCUT2D eigenvalue weighted by Crippen LogP contribution is 2.30. The van der Waals surface area contributed by atoms with Gasteiger partial charge in [0.2, 0.25) is 0 Å². The lowest BCUT2D eigenvalue weighted by Gasteiger charge is -2.33. The SMILES string of the molecule is CC(C)Cc1cccc(CN(CCN(C)C)C(c2ccccc2)c2ccccc2)c1. The van der Waals surface area contributed by atoms with Crippen LogP contribution in [0.3, 0.4) is 0 Å². The molecule has 0 saturated heterocycles. The normalized spacial score (nSPS) is 11.7. The Balaban J connectivity index is 1.95. The lowest BCUT2D eigenvalue weighted by atomic mass is 9.95. The van der Waals surface area contributed by atoms with E-state index in [9.17, 15) is 0 Å². The predicted molar refractivity (Wildman–Crippen MR) is 129 cm³/mol. The molecule has 0 aliphatic rings. The molecule has 3 aromatic rings. The van der Waals surface area contributed by atoms with Crippen LogP contribution < -0.4 is 0 Å². The van der Waals surface area contributed by atoms with Crippen molar-refractivity contribution in [3.63, 3.8) is 0 Å². The van der Waals surface area contributed by atoms with Crippen LogP contribution in [-0.2, 0) is 13.0 Å². The van der Waals surface area contributed by atoms with E-state index in [4.69, 9.17) is 0 Å². The summed E-state index contributed by atoms with van der Waals surface area (Å²) in [6, 6.07) is 31.2. The van der Waals surface area contributed by atoms with Gasteiger partial charge in [0, 0.05) is 19.6 Å². The van der Waals surface area contributed by atoms with Crippen molar-refractivity contribution in [2.75, 3.05) is 27.2 Å². The molecule has 30 heavy (non-hydrogen) atoms. The zero-order valence-electron chi connectivity index (χ0n) is 19.0. The van der Waals surface area contributed by atoms with Crippen LogP contribution in [0.25, 0.3) is 0 Å². The van der Waals surface area contributed by atoms with Crippen LogP contribution in [0.2, 0.25) is 0 Å². The van der Waals surface area contributed by atoms with Gasteiger partial charge in [0.05, 0.1) is 6.04 Å². The van der Waals surface area contributed by atoms with Crippen molar-refractivity contribution in [2.24, 2.45) is 5.92 Å². The van der Waals surface area contributed by atoms with Crippen molar-refractivity contribution in [1.82, 2.24) is 9.80 Å². The highest BCUT2D eigenvalue weighted by atomic mass is 15.2. The minimum absolute atomic E-state index is 0.237. The monoisotopic (exact) mass is 400 g/mol. The van der Waals surface area contributed by atoms with Gasteiger partial charge in [0.15, 0.2) is 0 Å². The molecule has 2 heteroatoms. The molecule has 0 saturated carbocycles. The zero-order chi connectivity index (χ0) is 21.3. The summed E-state index contributed by atoms with van der Waals surface area (Å²) in [6.45, 7) is 7.56. The molecule has 0 aliphatic heterocycles. The summed E-state index contributed by atoms with van der Waals surface area (Å²) in [5, 5.41) is 0. The molecular weight excluding hydrogens is 364 g/mol. The summed E-state index contributed by atoms with van der Waals surface area (Å²) in [7, 11) is 4.31. The average Bonchev–Trinajstić information content (AvgIpc) is 2.73. The largest absolute Gasteiger partial charge is 0.308 e. The van der Waals surface area contributed by atoms with Crippen LogP contribution in [0, 0.1) is 5.92 Å². The summed E-state index contributed by atoms with van der Waals surface area (Å²) in [5.74, 6) is 0.673. The molecule has 0 N–H and O–H groups in total. The second-order valence-corrected chi connectivity index (χ2v) is 8.92. The fourth-order valence-corrected chi connectivity index (χ4v) is 4.07. The van der Waals surface area contributed by atoms with Crippen LogP contribution in [0.5, 0.6) is 0 Å². The standard InChI is InChI=1S/C28H36N2/c1-23(2)20-24-12-11-13-25(21-24)22-30(19-18-29(3)4)28(26-14-7-5-8-15-26)27-16-9-6-10-17-27/h5-17,21,23,28H,18-20,22H2,1-4H3. The highest BCUT2D eigenvalue weighted by molar-refractivity contribution is 5.32. The number of likely N-dealkylation sites (N-methyl/N-ethyl adjacent to an activating group) is 1. The van der Waals surface area contributed by atoms with Crippen molar-refractivity contribution in [1.29, 1.82) is 0 Å². The Hall–Kier alpha value is -2.42. The molecule has 0 spiro atoms. The quantitative estimate of drug-likeness (QED) is 0.409. The third-order valence-electron chi connectivity index (χ3n) is 5.45. The first-order valence-corrected chi connectivity index (χ1v) is 11.1. The van der Waals surface area contributed by atoms with Crippen molar-refractivity contribution in [3.8, 4) is 0 Å². The Bertz CT molecular complexity index is 832. The van der Waals surface area contributed by atoms with Crippen molar-refractivity contribution < 1.29 is 0 Å². The minimum atomic E-state index is 0.237. The van der Waals surface area contributed by atoms with Gasteiger partial charge in [-0.15, -0.1) is 0 Å². The maximum atomic E-state index is 2.62. The molecule has 0 amide bonds. The summed E-state index contributed by atoms with van der Waals surface area (Å²) in [6.07, 6.45) is 1.13. The minimum Gasteiger partial charge on any atom is -0.308 e. The van der Waals surface area contributed by atoms with Gasteiger partial charge in [-0.2, -0.15) is 0 Å². The first-order valence-electron chi connectivity index (χ1n) is 11.1. The highest BCUT2D eigenvalue weighted by Gasteiger charge is 2.22. The molecule has 0 unspecified atom stereocenters. The van der Waals surface area contributed by atoms with Gasteiger partial charge in [0.25, 0.3) is 0 Å². The lowest BCUT2D eigenvalue weighted by molar-refractivity contribution is 0.194. The molecule has 3 aromatic carbocycles. The fraction of sp³-hybridized carbons (Fsp3) is 0.357. The van der Waals surface area contributed by atoms with Crippen LogP contribution in [-0.4, -0.2) is 37.0 Å². The molecule has 0 aliphatic carbocycles. The molecular formula is C28H36N2. The van der Waals surface area contributed by atoms with Gasteiger partial charge in [-0.3, -0.25) is 4.90 Å². The smallest absolute Gasteiger partial charge is 0.0605 e. The molecule has 0 fully saturated rings. The van der Waals surface area contributed by atoms with Gasteiger partial charge in [-0.25, -0.2) is 0 Å². The summed E-state index contributed by atoms with van der Waals surface area (Å²) < 4.78 is 0. The molecule has 0 heterocycles. The molecule has 0 atom stereocenters. The predicted octanol–water partition coefficient (Wildman–Crippen LogP) is 6.04. The van der Waals surface area contributed by atoms with Crippen LogP contribution in [0.15, 0.2) is 84.9 Å². The number of rotatable bonds is 10. The molecule has 158 valence electrons. The fourth-order valence-electron chi connectivity index (χ4n) is 4.07. The van der Waals surface area contributed by atoms with Gasteiger partial charge in [-0.05, 0) is 48.7 Å². The Morgan fingerprint density at radius 3 is 1.77 bits per heavy atom. The lowest BCUT2D eigenvalue weighted by Crippen LogP contribution is -2.35. The Morgan fingerprint density at radius 1 is 0.667 bits per heavy atom. The Kier molecular flexibility index (Phi) is 8.24. The second-order valence-electron chi connectivity index (χ2n) is 8.92. The molecule has 0 radical (unpaired) electrons. The number of nitrogens with zero attached hydrogens (tertiary/aromatic N) is 2. The number of hydrogen-bond acceptors (Lipinski definition) is 2. The first kappa shape index (κ1) is 22.3. The second kappa shape index (κ2) is 11.1. The van der Waals surface area contributed by atoms with E-state index in [2.05, 4.69) is 123 Å². The van der Waals surface area contributed by atoms with Crippen LogP contribution in [0.1, 0.15) is 42.1 Å². The summed E-state index contributed by atoms with van der Waals surface area (Å²) >= 11 is 0. The van der Waals surface area contributed by atoms with E-state index in [0.717, 1.165) is 26.1 Å². The van der Waals surface area contributed by atoms with E-state index in [-0.39, 0.29) is 6.04 Å². The Labute approximate surface area is 183 Å². The average molecular weight is 401 g/mol. The van der Waals surface area contributed by atoms with Gasteiger partial charge < -0.3 is 4.90 Å². The first-order chi connectivity index (χ1) is 14.5. The van der Waals surface area contributed by atoms with Gasteiger partial charge >= 0.3 is 0 Å². The molecule has 3 rings (SSSR count). The zero-order valence-corrected chi connectivity index (χ0v) is 19.0. The van der Waals surface area contributed by atoms with Crippen LogP contribution in [0.4, 0.5) is 0 Å². The maximum Gasteiger partial charge on any atom is 0.0605 e. The van der Waals surface area contributed by atoms with E-state index >= 15 is 0 Å². The third kappa shape index (κ3) is 6.55. The van der Waals surface area contributed by atoms with Crippen molar-refractivity contribution >= 4 is 0 Å². The number of hydrogen-bond donors (Lipinski definition) is 0. The topological polar surface area (TPSA) is 6.48 Å². The van der Waals surface area contributed by atoms with Crippen molar-refractivity contribution in [3.05, 3.63) is 107 Å². The van der Waals surface area contributed by atoms with Gasteiger partial charge in [0.1, 0.15) is 0 Å². The molecule has 2 nitrogen and oxygen atoms in total. The van der Waals surface area contributed by atoms with E-state index < -0.39 is 0 Å². The molecule has 0 aromatic heterocycles. The van der Waals surface area contributed by atoms with E-state index in [1.54, 1.807) is 0 Å². The maximum absolute atomic E-state index is 2.62. The number of benzene rings is 3. The summed E-state index contributed by atoms with van der Waals surface area (Å²) in [4.78, 5) is 4.90. The molecule has 0 bridgehead atoms. The van der Waals surface area contributed by atoms with Gasteiger partial charge in [-0.1, -0.05) is 98.8 Å². The van der Waals surface area contributed by atoms with E-state index in [1.807, 2.05) is 0 Å². The van der Waals surface area contributed by atoms with Crippen molar-refractivity contribution in [2.45, 2.75) is 32.9 Å². The third-order valence-corrected chi connectivity index (χ3v) is 5.45. The van der Waals surface area contributed by atoms with E-state index in [0.29, 0.717) is 5.92 Å². The Morgan fingerprint density at radius 2 is 1.23 bits per heavy atom. The van der Waals surface area contributed by atoms with Crippen LogP contribution >= 0.6 is 0 Å².